The van der Waals surface area contributed by atoms with Crippen molar-refractivity contribution in [3.05, 3.63) is 65.0 Å². The first kappa shape index (κ1) is 26.6. The van der Waals surface area contributed by atoms with Gasteiger partial charge in [0.25, 0.3) is 5.91 Å². The molecule has 6 amide bonds. The molecule has 1 saturated carbocycles. The lowest BCUT2D eigenvalue weighted by Gasteiger charge is -2.33. The molecule has 2 aliphatic carbocycles. The van der Waals surface area contributed by atoms with Crippen molar-refractivity contribution in [1.82, 2.24) is 20.4 Å². The Bertz CT molecular complexity index is 1300. The van der Waals surface area contributed by atoms with Crippen LogP contribution < -0.4 is 16.0 Å². The number of amides is 6. The van der Waals surface area contributed by atoms with E-state index in [1.54, 1.807) is 23.1 Å². The number of nitrogens with one attached hydrogen (secondary N) is 3. The zero-order chi connectivity index (χ0) is 27.7. The Morgan fingerprint density at radius 3 is 2.59 bits per heavy atom. The van der Waals surface area contributed by atoms with Crippen LogP contribution in [0.5, 0.6) is 0 Å². The van der Waals surface area contributed by atoms with E-state index in [-0.39, 0.29) is 36.9 Å². The summed E-state index contributed by atoms with van der Waals surface area (Å²) >= 11 is 0. The van der Waals surface area contributed by atoms with Crippen LogP contribution in [0.3, 0.4) is 0 Å². The topological polar surface area (TPSA) is 111 Å². The molecule has 39 heavy (non-hydrogen) atoms. The minimum Gasteiger partial charge on any atom is -0.338 e. The second-order valence-corrected chi connectivity index (χ2v) is 10.8. The summed E-state index contributed by atoms with van der Waals surface area (Å²) in [5.41, 5.74) is 2.29. The molecule has 1 heterocycles. The van der Waals surface area contributed by atoms with Gasteiger partial charge in [0.05, 0.1) is 0 Å². The van der Waals surface area contributed by atoms with Crippen molar-refractivity contribution in [2.24, 2.45) is 5.92 Å². The number of rotatable bonds is 8. The molecule has 2 fully saturated rings. The molecule has 1 aliphatic heterocycles. The number of anilines is 1. The zero-order valence-electron chi connectivity index (χ0n) is 22.3. The highest BCUT2D eigenvalue weighted by Crippen LogP contribution is 2.37. The second-order valence-electron chi connectivity index (χ2n) is 10.8. The van der Waals surface area contributed by atoms with Gasteiger partial charge in [0.2, 0.25) is 5.91 Å². The molecule has 2 atom stereocenters. The van der Waals surface area contributed by atoms with Gasteiger partial charge in [-0.2, -0.15) is 0 Å². The van der Waals surface area contributed by atoms with E-state index in [1.807, 2.05) is 26.0 Å². The summed E-state index contributed by atoms with van der Waals surface area (Å²) < 4.78 is 13.4. The summed E-state index contributed by atoms with van der Waals surface area (Å²) in [6, 6.07) is 10.7. The summed E-state index contributed by atoms with van der Waals surface area (Å²) in [5, 5.41) is 8.37. The molecule has 0 bridgehead atoms. The average molecular weight is 536 g/mol. The minimum atomic E-state index is -1.09. The maximum absolute atomic E-state index is 13.6. The summed E-state index contributed by atoms with van der Waals surface area (Å²) in [6.45, 7) is 4.29. The van der Waals surface area contributed by atoms with Crippen molar-refractivity contribution in [2.45, 2.75) is 64.1 Å². The van der Waals surface area contributed by atoms with Gasteiger partial charge in [0.1, 0.15) is 17.9 Å². The van der Waals surface area contributed by atoms with Crippen LogP contribution in [-0.2, 0) is 29.0 Å². The summed E-state index contributed by atoms with van der Waals surface area (Å²) in [5.74, 6) is -0.667. The van der Waals surface area contributed by atoms with E-state index in [9.17, 15) is 23.6 Å². The van der Waals surface area contributed by atoms with Crippen molar-refractivity contribution in [3.63, 3.8) is 0 Å². The molecule has 2 aromatic carbocycles. The lowest BCUT2D eigenvalue weighted by atomic mass is 9.77. The van der Waals surface area contributed by atoms with Gasteiger partial charge in [-0.15, -0.1) is 0 Å². The Morgan fingerprint density at radius 1 is 1.15 bits per heavy atom. The van der Waals surface area contributed by atoms with E-state index in [0.717, 1.165) is 34.4 Å². The Kier molecular flexibility index (Phi) is 7.29. The molecular formula is C29H34FN5O4. The quantitative estimate of drug-likeness (QED) is 0.449. The van der Waals surface area contributed by atoms with Crippen LogP contribution in [-0.4, -0.2) is 58.3 Å². The van der Waals surface area contributed by atoms with E-state index in [0.29, 0.717) is 37.4 Å². The first-order valence-electron chi connectivity index (χ1n) is 13.5. The molecule has 10 heteroatoms. The van der Waals surface area contributed by atoms with Crippen LogP contribution in [0.1, 0.15) is 49.8 Å². The number of fused-ring (bicyclic) bond motifs is 1. The van der Waals surface area contributed by atoms with Crippen LogP contribution in [0.4, 0.5) is 19.7 Å². The molecule has 5 rings (SSSR count). The number of halogens is 1. The van der Waals surface area contributed by atoms with E-state index < -0.39 is 17.5 Å². The number of nitrogens with zero attached hydrogens (tertiary/aromatic N) is 2. The Morgan fingerprint density at radius 2 is 1.90 bits per heavy atom. The third kappa shape index (κ3) is 5.60. The molecule has 0 radical (unpaired) electrons. The molecule has 3 aliphatic rings. The molecule has 206 valence electrons. The van der Waals surface area contributed by atoms with E-state index in [2.05, 4.69) is 16.0 Å². The third-order valence-corrected chi connectivity index (χ3v) is 8.04. The number of carbonyl (C=O) groups excluding carboxylic acids is 4. The van der Waals surface area contributed by atoms with E-state index >= 15 is 0 Å². The molecule has 3 N–H and O–H groups in total. The summed E-state index contributed by atoms with van der Waals surface area (Å²) in [6.07, 6.45) is 3.32. The first-order valence-corrected chi connectivity index (χ1v) is 13.5. The summed E-state index contributed by atoms with van der Waals surface area (Å²) in [7, 11) is 0. The number of hydrogen-bond acceptors (Lipinski definition) is 4. The van der Waals surface area contributed by atoms with Crippen LogP contribution >= 0.6 is 0 Å². The Labute approximate surface area is 227 Å². The van der Waals surface area contributed by atoms with E-state index in [4.69, 9.17) is 0 Å². The van der Waals surface area contributed by atoms with Gasteiger partial charge in [0.15, 0.2) is 0 Å². The predicted octanol–water partition coefficient (Wildman–Crippen LogP) is 3.57. The highest BCUT2D eigenvalue weighted by Gasteiger charge is 2.53. The van der Waals surface area contributed by atoms with Crippen molar-refractivity contribution < 1.29 is 23.6 Å². The highest BCUT2D eigenvalue weighted by molar-refractivity contribution is 6.09. The second kappa shape index (κ2) is 10.7. The van der Waals surface area contributed by atoms with Crippen LogP contribution in [0, 0.1) is 11.7 Å². The fourth-order valence-corrected chi connectivity index (χ4v) is 5.62. The van der Waals surface area contributed by atoms with Crippen LogP contribution in [0.15, 0.2) is 42.5 Å². The number of hydrogen-bond donors (Lipinski definition) is 3. The molecular weight excluding hydrogens is 501 g/mol. The molecule has 2 aromatic rings. The van der Waals surface area contributed by atoms with Crippen molar-refractivity contribution in [2.75, 3.05) is 18.4 Å². The molecule has 1 unspecified atom stereocenters. The van der Waals surface area contributed by atoms with Crippen LogP contribution in [0.25, 0.3) is 0 Å². The van der Waals surface area contributed by atoms with Crippen LogP contribution in [0.2, 0.25) is 0 Å². The monoisotopic (exact) mass is 535 g/mol. The number of aryl methyl sites for hydroxylation is 1. The average Bonchev–Trinajstić information content (AvgIpc) is 3.73. The normalized spacial score (nSPS) is 20.8. The van der Waals surface area contributed by atoms with Crippen molar-refractivity contribution in [1.29, 1.82) is 0 Å². The molecule has 1 spiro atoms. The highest BCUT2D eigenvalue weighted by atomic mass is 19.1. The predicted molar refractivity (Wildman–Crippen MR) is 143 cm³/mol. The van der Waals surface area contributed by atoms with Gasteiger partial charge in [-0.1, -0.05) is 18.2 Å². The smallest absolute Gasteiger partial charge is 0.325 e. The number of urea groups is 2. The van der Waals surface area contributed by atoms with Gasteiger partial charge in [-0.3, -0.25) is 14.5 Å². The largest absolute Gasteiger partial charge is 0.338 e. The van der Waals surface area contributed by atoms with E-state index in [1.165, 1.54) is 12.1 Å². The first-order chi connectivity index (χ1) is 18.7. The fraction of sp³-hybridized carbons (Fsp3) is 0.448. The number of carbonyl (C=O) groups is 4. The number of benzene rings is 2. The van der Waals surface area contributed by atoms with Crippen molar-refractivity contribution in [3.8, 4) is 0 Å². The summed E-state index contributed by atoms with van der Waals surface area (Å²) in [4.78, 5) is 54.8. The molecule has 1 saturated heterocycles. The van der Waals surface area contributed by atoms with Gasteiger partial charge in [-0.25, -0.2) is 14.0 Å². The molecule has 0 aromatic heterocycles. The lowest BCUT2D eigenvalue weighted by Crippen LogP contribution is -2.52. The maximum atomic E-state index is 13.6. The van der Waals surface area contributed by atoms with Gasteiger partial charge < -0.3 is 20.9 Å². The zero-order valence-corrected chi connectivity index (χ0v) is 22.3. The Hall–Kier alpha value is -3.95. The van der Waals surface area contributed by atoms with Gasteiger partial charge in [-0.05, 0) is 86.4 Å². The lowest BCUT2D eigenvalue weighted by molar-refractivity contribution is -0.141. The van der Waals surface area contributed by atoms with Crippen molar-refractivity contribution >= 4 is 29.6 Å². The van der Waals surface area contributed by atoms with Gasteiger partial charge in [0, 0.05) is 31.2 Å². The SMILES string of the molecule is CCNC(=O)Nc1ccc2c(c1)CCC1(C2)NC(=O)N(CC(=O)N(Cc2ccc(F)cc2)[C@@H](C)C2CC2)C1=O. The number of imide groups is 1. The fourth-order valence-electron chi connectivity index (χ4n) is 5.62. The minimum absolute atomic E-state index is 0.0546. The maximum Gasteiger partial charge on any atom is 0.325 e. The van der Waals surface area contributed by atoms with Gasteiger partial charge >= 0.3 is 12.1 Å². The Balaban J connectivity index is 1.29. The molecule has 9 nitrogen and oxygen atoms in total. The third-order valence-electron chi connectivity index (χ3n) is 8.04. The standard InChI is InChI=1S/C29H34FN5O4/c1-3-31-27(38)32-24-11-8-22-15-29(13-12-21(22)14-24)26(37)35(28(39)33-29)17-25(36)34(18(2)20-6-7-20)16-19-4-9-23(30)10-5-19/h4-5,8-11,14,18,20H,3,6-7,12-13,15-17H2,1-2H3,(H,33,39)(H2,31,32,38)/t18-,29?/m0/s1.